The third kappa shape index (κ3) is 2.79. The van der Waals surface area contributed by atoms with Crippen LogP contribution in [0.15, 0.2) is 24.3 Å². The number of hydrogen-bond donors (Lipinski definition) is 1. The van der Waals surface area contributed by atoms with Gasteiger partial charge in [-0.1, -0.05) is 29.8 Å². The molecule has 1 fully saturated rings. The standard InChI is InChI=1S/C15H18ClNOS/c1-10-11(6-7-18-10)8-17-9-14-15(16)12-4-2-3-5-13(12)19-14/h2-5,10-11,17H,6-9H2,1H3. The first-order valence-electron chi connectivity index (χ1n) is 6.74. The number of thiophene rings is 1. The van der Waals surface area contributed by atoms with Crippen molar-refractivity contribution in [3.8, 4) is 0 Å². The summed E-state index contributed by atoms with van der Waals surface area (Å²) in [4.78, 5) is 1.23. The van der Waals surface area contributed by atoms with Crippen molar-refractivity contribution in [1.82, 2.24) is 5.32 Å². The molecular formula is C15H18ClNOS. The molecule has 2 aromatic rings. The molecule has 2 heterocycles. The quantitative estimate of drug-likeness (QED) is 0.918. The molecule has 0 aliphatic carbocycles. The lowest BCUT2D eigenvalue weighted by Crippen LogP contribution is -2.26. The van der Waals surface area contributed by atoms with Gasteiger partial charge in [-0.3, -0.25) is 0 Å². The zero-order valence-electron chi connectivity index (χ0n) is 11.0. The van der Waals surface area contributed by atoms with E-state index in [1.54, 1.807) is 11.3 Å². The Balaban J connectivity index is 1.63. The number of halogens is 1. The summed E-state index contributed by atoms with van der Waals surface area (Å²) in [7, 11) is 0. The molecule has 4 heteroatoms. The van der Waals surface area contributed by atoms with Crippen LogP contribution in [0.3, 0.4) is 0 Å². The largest absolute Gasteiger partial charge is 0.378 e. The van der Waals surface area contributed by atoms with Crippen LogP contribution in [0.4, 0.5) is 0 Å². The van der Waals surface area contributed by atoms with Crippen molar-refractivity contribution in [2.75, 3.05) is 13.2 Å². The second kappa shape index (κ2) is 5.80. The second-order valence-electron chi connectivity index (χ2n) is 5.09. The van der Waals surface area contributed by atoms with E-state index in [4.69, 9.17) is 16.3 Å². The van der Waals surface area contributed by atoms with Gasteiger partial charge >= 0.3 is 0 Å². The summed E-state index contributed by atoms with van der Waals surface area (Å²) in [5.74, 6) is 0.633. The van der Waals surface area contributed by atoms with Gasteiger partial charge in [0.05, 0.1) is 11.1 Å². The van der Waals surface area contributed by atoms with E-state index < -0.39 is 0 Å². The van der Waals surface area contributed by atoms with Gasteiger partial charge in [0.2, 0.25) is 0 Å². The summed E-state index contributed by atoms with van der Waals surface area (Å²) >= 11 is 8.21. The van der Waals surface area contributed by atoms with Crippen molar-refractivity contribution >= 4 is 33.0 Å². The van der Waals surface area contributed by atoms with Crippen molar-refractivity contribution in [3.05, 3.63) is 34.2 Å². The van der Waals surface area contributed by atoms with E-state index in [1.165, 1.54) is 15.0 Å². The van der Waals surface area contributed by atoms with Crippen LogP contribution in [0, 0.1) is 5.92 Å². The SMILES string of the molecule is CC1OCCC1CNCc1sc2ccccc2c1Cl. The Hall–Kier alpha value is -0.610. The fraction of sp³-hybridized carbons (Fsp3) is 0.467. The van der Waals surface area contributed by atoms with Crippen molar-refractivity contribution in [2.24, 2.45) is 5.92 Å². The van der Waals surface area contributed by atoms with E-state index >= 15 is 0 Å². The molecule has 19 heavy (non-hydrogen) atoms. The molecule has 1 aromatic heterocycles. The van der Waals surface area contributed by atoms with Crippen LogP contribution < -0.4 is 5.32 Å². The topological polar surface area (TPSA) is 21.3 Å². The van der Waals surface area contributed by atoms with Gasteiger partial charge in [-0.2, -0.15) is 0 Å². The highest BCUT2D eigenvalue weighted by atomic mass is 35.5. The Labute approximate surface area is 122 Å². The van der Waals surface area contributed by atoms with Gasteiger partial charge in [0.25, 0.3) is 0 Å². The van der Waals surface area contributed by atoms with E-state index in [-0.39, 0.29) is 0 Å². The molecular weight excluding hydrogens is 278 g/mol. The number of nitrogens with one attached hydrogen (secondary N) is 1. The molecule has 0 saturated carbocycles. The Bertz CT molecular complexity index is 568. The summed E-state index contributed by atoms with van der Waals surface area (Å²) in [5.41, 5.74) is 0. The molecule has 2 nitrogen and oxygen atoms in total. The molecule has 1 saturated heterocycles. The lowest BCUT2D eigenvalue weighted by atomic mass is 10.0. The van der Waals surface area contributed by atoms with Crippen LogP contribution in [0.1, 0.15) is 18.2 Å². The molecule has 1 aromatic carbocycles. The molecule has 0 bridgehead atoms. The average molecular weight is 296 g/mol. The van der Waals surface area contributed by atoms with Crippen LogP contribution >= 0.6 is 22.9 Å². The first kappa shape index (κ1) is 13.4. The minimum atomic E-state index is 0.380. The molecule has 2 atom stereocenters. The van der Waals surface area contributed by atoms with Crippen LogP contribution in [-0.2, 0) is 11.3 Å². The maximum atomic E-state index is 6.43. The number of fused-ring (bicyclic) bond motifs is 1. The minimum Gasteiger partial charge on any atom is -0.378 e. The Kier molecular flexibility index (Phi) is 4.08. The zero-order valence-corrected chi connectivity index (χ0v) is 12.6. The molecule has 0 radical (unpaired) electrons. The highest BCUT2D eigenvalue weighted by Crippen LogP contribution is 2.35. The van der Waals surface area contributed by atoms with Crippen molar-refractivity contribution < 1.29 is 4.74 Å². The lowest BCUT2D eigenvalue weighted by Gasteiger charge is -2.14. The Morgan fingerprint density at radius 2 is 2.26 bits per heavy atom. The Morgan fingerprint density at radius 3 is 3.00 bits per heavy atom. The predicted octanol–water partition coefficient (Wildman–Crippen LogP) is 4.07. The van der Waals surface area contributed by atoms with Crippen molar-refractivity contribution in [1.29, 1.82) is 0 Å². The highest BCUT2D eigenvalue weighted by Gasteiger charge is 2.23. The predicted molar refractivity (Wildman–Crippen MR) is 82.1 cm³/mol. The molecule has 0 spiro atoms. The molecule has 102 valence electrons. The maximum absolute atomic E-state index is 6.43. The Morgan fingerprint density at radius 1 is 1.42 bits per heavy atom. The van der Waals surface area contributed by atoms with Crippen LogP contribution in [-0.4, -0.2) is 19.3 Å². The van der Waals surface area contributed by atoms with Gasteiger partial charge in [-0.15, -0.1) is 11.3 Å². The summed E-state index contributed by atoms with van der Waals surface area (Å²) in [6.45, 7) is 4.91. The van der Waals surface area contributed by atoms with E-state index in [0.717, 1.165) is 31.1 Å². The maximum Gasteiger partial charge on any atom is 0.0636 e. The fourth-order valence-electron chi connectivity index (χ4n) is 2.59. The number of rotatable bonds is 4. The number of hydrogen-bond acceptors (Lipinski definition) is 3. The average Bonchev–Trinajstić information content (AvgIpc) is 2.96. The second-order valence-corrected chi connectivity index (χ2v) is 6.61. The van der Waals surface area contributed by atoms with Crippen molar-refractivity contribution in [3.63, 3.8) is 0 Å². The summed E-state index contributed by atoms with van der Waals surface area (Å²) < 4.78 is 6.84. The van der Waals surface area contributed by atoms with Gasteiger partial charge in [0, 0.05) is 34.7 Å². The van der Waals surface area contributed by atoms with Gasteiger partial charge in [0.15, 0.2) is 0 Å². The third-order valence-corrected chi connectivity index (χ3v) is 5.54. The fourth-order valence-corrected chi connectivity index (χ4v) is 4.06. The first-order chi connectivity index (χ1) is 9.25. The summed E-state index contributed by atoms with van der Waals surface area (Å²) in [5, 5.41) is 5.60. The third-order valence-electron chi connectivity index (χ3n) is 3.83. The molecule has 1 N–H and O–H groups in total. The van der Waals surface area contributed by atoms with Gasteiger partial charge in [-0.25, -0.2) is 0 Å². The van der Waals surface area contributed by atoms with Crippen LogP contribution in [0.5, 0.6) is 0 Å². The molecule has 3 rings (SSSR count). The summed E-state index contributed by atoms with van der Waals surface area (Å²) in [6, 6.07) is 8.31. The normalized spacial score (nSPS) is 23.3. The molecule has 1 aliphatic heterocycles. The van der Waals surface area contributed by atoms with Crippen molar-refractivity contribution in [2.45, 2.75) is 26.0 Å². The number of ether oxygens (including phenoxy) is 1. The van der Waals surface area contributed by atoms with E-state index in [1.807, 2.05) is 6.07 Å². The number of benzene rings is 1. The lowest BCUT2D eigenvalue weighted by molar-refractivity contribution is 0.105. The van der Waals surface area contributed by atoms with E-state index in [0.29, 0.717) is 12.0 Å². The zero-order chi connectivity index (χ0) is 13.2. The first-order valence-corrected chi connectivity index (χ1v) is 7.93. The van der Waals surface area contributed by atoms with Gasteiger partial charge in [0.1, 0.15) is 0 Å². The molecule has 2 unspecified atom stereocenters. The minimum absolute atomic E-state index is 0.380. The molecule has 1 aliphatic rings. The monoisotopic (exact) mass is 295 g/mol. The van der Waals surface area contributed by atoms with Crippen LogP contribution in [0.2, 0.25) is 5.02 Å². The highest BCUT2D eigenvalue weighted by molar-refractivity contribution is 7.19. The van der Waals surface area contributed by atoms with Gasteiger partial charge < -0.3 is 10.1 Å². The molecule has 0 amide bonds. The summed E-state index contributed by atoms with van der Waals surface area (Å²) in [6.07, 6.45) is 1.54. The smallest absolute Gasteiger partial charge is 0.0636 e. The van der Waals surface area contributed by atoms with E-state index in [9.17, 15) is 0 Å². The van der Waals surface area contributed by atoms with E-state index in [2.05, 4.69) is 30.4 Å². The van der Waals surface area contributed by atoms with Crippen LogP contribution in [0.25, 0.3) is 10.1 Å². The van der Waals surface area contributed by atoms with Gasteiger partial charge in [-0.05, 0) is 25.3 Å².